The molecule has 1 saturated heterocycles. The van der Waals surface area contributed by atoms with Crippen molar-refractivity contribution in [3.8, 4) is 0 Å². The maximum atomic E-state index is 10.1. The normalized spacial score (nSPS) is 16.0. The van der Waals surface area contributed by atoms with E-state index in [0.29, 0.717) is 12.3 Å². The van der Waals surface area contributed by atoms with Gasteiger partial charge in [0.15, 0.2) is 0 Å². The van der Waals surface area contributed by atoms with Gasteiger partial charge >= 0.3 is 23.9 Å². The summed E-state index contributed by atoms with van der Waals surface area (Å²) in [6.45, 7) is 4.47. The minimum absolute atomic E-state index is 0.0213. The van der Waals surface area contributed by atoms with Gasteiger partial charge in [-0.05, 0) is 38.1 Å². The summed E-state index contributed by atoms with van der Waals surface area (Å²) in [6.07, 6.45) is 2.46. The van der Waals surface area contributed by atoms with Crippen molar-refractivity contribution in [2.24, 2.45) is 28.9 Å². The van der Waals surface area contributed by atoms with Crippen molar-refractivity contribution in [1.82, 2.24) is 5.32 Å². The zero-order chi connectivity index (χ0) is 25.9. The standard InChI is InChI=1S/C6H13NO2.C5H10N2O3.C5H9NO2.C2H5NO2/c1-4(2)3-5(7)6(8)9;6-3(5(9)10)1-2-4(7)8;7-5(8)4-2-1-3-6-4;3-1-2(4)5/h4-5H,3,7H2,1-2H3,(H,8,9);3H,1-2,6H2,(H2,7,8)(H,9,10);4,6H,1-3H2,(H,7,8);1,3H2,(H,4,5)/t5-;3-;4-;/m000./s1. The lowest BCUT2D eigenvalue weighted by atomic mass is 10.1. The summed E-state index contributed by atoms with van der Waals surface area (Å²) in [5, 5.41) is 35.3. The first-order chi connectivity index (χ1) is 14.6. The van der Waals surface area contributed by atoms with Gasteiger partial charge in [0.1, 0.15) is 18.1 Å². The molecule has 0 aliphatic carbocycles. The van der Waals surface area contributed by atoms with Gasteiger partial charge in [0, 0.05) is 6.42 Å². The fourth-order valence-corrected chi connectivity index (χ4v) is 1.93. The quantitative estimate of drug-likeness (QED) is 0.177. The maximum Gasteiger partial charge on any atom is 0.320 e. The van der Waals surface area contributed by atoms with Crippen LogP contribution >= 0.6 is 0 Å². The van der Waals surface area contributed by atoms with Gasteiger partial charge < -0.3 is 48.7 Å². The van der Waals surface area contributed by atoms with E-state index >= 15 is 0 Å². The van der Waals surface area contributed by atoms with Crippen LogP contribution in [0.25, 0.3) is 0 Å². The van der Waals surface area contributed by atoms with E-state index < -0.39 is 41.9 Å². The molecule has 0 aromatic heterocycles. The third kappa shape index (κ3) is 25.2. The summed E-state index contributed by atoms with van der Waals surface area (Å²) in [4.78, 5) is 49.6. The van der Waals surface area contributed by atoms with Crippen molar-refractivity contribution >= 4 is 29.8 Å². The number of amides is 1. The van der Waals surface area contributed by atoms with Gasteiger partial charge in [-0.2, -0.15) is 0 Å². The Morgan fingerprint density at radius 2 is 1.44 bits per heavy atom. The Kier molecular flexibility index (Phi) is 21.3. The summed E-state index contributed by atoms with van der Waals surface area (Å²) in [5.74, 6) is -3.88. The predicted octanol–water partition coefficient (Wildman–Crippen LogP) is -2.04. The minimum Gasteiger partial charge on any atom is -0.480 e. The zero-order valence-electron chi connectivity index (χ0n) is 18.4. The molecule has 0 radical (unpaired) electrons. The van der Waals surface area contributed by atoms with E-state index in [1.807, 2.05) is 13.8 Å². The molecule has 0 unspecified atom stereocenters. The fourth-order valence-electron chi connectivity index (χ4n) is 1.93. The highest BCUT2D eigenvalue weighted by Gasteiger charge is 2.20. The number of carboxylic acid groups (broad SMARTS) is 4. The average molecular weight is 468 g/mol. The monoisotopic (exact) mass is 467 g/mol. The van der Waals surface area contributed by atoms with Gasteiger partial charge in [0.05, 0.1) is 6.54 Å². The molecule has 1 rings (SSSR count). The summed E-state index contributed by atoms with van der Waals surface area (Å²) in [7, 11) is 0. The highest BCUT2D eigenvalue weighted by atomic mass is 16.4. The maximum absolute atomic E-state index is 10.1. The molecule has 0 aromatic carbocycles. The van der Waals surface area contributed by atoms with E-state index in [1.54, 1.807) is 0 Å². The molecule has 1 fully saturated rings. The molecule has 3 atom stereocenters. The number of carbonyl (C=O) groups excluding carboxylic acids is 1. The van der Waals surface area contributed by atoms with Crippen LogP contribution in [-0.2, 0) is 24.0 Å². The lowest BCUT2D eigenvalue weighted by Gasteiger charge is -2.07. The van der Waals surface area contributed by atoms with Crippen LogP contribution in [0.3, 0.4) is 0 Å². The molecule has 188 valence electrons. The molecule has 13 N–H and O–H groups in total. The minimum atomic E-state index is -1.11. The predicted molar refractivity (Wildman–Crippen MR) is 114 cm³/mol. The third-order valence-corrected chi connectivity index (χ3v) is 3.59. The first kappa shape index (κ1) is 33.8. The third-order valence-electron chi connectivity index (χ3n) is 3.59. The first-order valence-electron chi connectivity index (χ1n) is 9.78. The van der Waals surface area contributed by atoms with Crippen molar-refractivity contribution in [3.05, 3.63) is 0 Å². The largest absolute Gasteiger partial charge is 0.480 e. The van der Waals surface area contributed by atoms with E-state index in [0.717, 1.165) is 19.4 Å². The number of rotatable bonds is 9. The van der Waals surface area contributed by atoms with Gasteiger partial charge in [-0.1, -0.05) is 13.8 Å². The van der Waals surface area contributed by atoms with Crippen molar-refractivity contribution < 1.29 is 44.4 Å². The molecule has 1 aliphatic heterocycles. The molecular weight excluding hydrogens is 430 g/mol. The number of hydrogen-bond acceptors (Lipinski definition) is 9. The van der Waals surface area contributed by atoms with E-state index in [4.69, 9.17) is 37.6 Å². The van der Waals surface area contributed by atoms with Crippen molar-refractivity contribution in [3.63, 3.8) is 0 Å². The number of carboxylic acids is 4. The molecule has 1 heterocycles. The van der Waals surface area contributed by atoms with Crippen LogP contribution < -0.4 is 28.3 Å². The van der Waals surface area contributed by atoms with Crippen LogP contribution in [0.15, 0.2) is 0 Å². The van der Waals surface area contributed by atoms with Crippen LogP contribution in [-0.4, -0.2) is 81.4 Å². The summed E-state index contributed by atoms with van der Waals surface area (Å²) in [5.41, 5.74) is 19.6. The highest BCUT2D eigenvalue weighted by Crippen LogP contribution is 2.03. The van der Waals surface area contributed by atoms with E-state index in [2.05, 4.69) is 11.1 Å². The van der Waals surface area contributed by atoms with E-state index in [-0.39, 0.29) is 25.4 Å². The lowest BCUT2D eigenvalue weighted by molar-refractivity contribution is -0.139. The van der Waals surface area contributed by atoms with Crippen LogP contribution in [0, 0.1) is 5.92 Å². The van der Waals surface area contributed by atoms with Gasteiger partial charge in [0.2, 0.25) is 5.91 Å². The van der Waals surface area contributed by atoms with Gasteiger partial charge in [-0.15, -0.1) is 0 Å². The molecule has 0 saturated carbocycles. The smallest absolute Gasteiger partial charge is 0.320 e. The molecule has 14 nitrogen and oxygen atoms in total. The number of nitrogens with one attached hydrogen (secondary N) is 1. The van der Waals surface area contributed by atoms with Crippen molar-refractivity contribution in [2.45, 2.75) is 64.1 Å². The zero-order valence-corrected chi connectivity index (χ0v) is 18.4. The van der Waals surface area contributed by atoms with Crippen LogP contribution in [0.5, 0.6) is 0 Å². The second kappa shape index (κ2) is 20.1. The SMILES string of the molecule is CC(C)C[C@H](N)C(=O)O.NC(=O)CC[C@H](N)C(=O)O.NCC(=O)O.O=C(O)[C@@H]1CCCN1. The van der Waals surface area contributed by atoms with Crippen LogP contribution in [0.2, 0.25) is 0 Å². The Balaban J connectivity index is -0.000000359. The van der Waals surface area contributed by atoms with Gasteiger partial charge in [0.25, 0.3) is 0 Å². The number of aliphatic carboxylic acids is 4. The Labute approximate surface area is 186 Å². The van der Waals surface area contributed by atoms with Crippen LogP contribution in [0.4, 0.5) is 0 Å². The lowest BCUT2D eigenvalue weighted by Crippen LogP contribution is -2.31. The molecule has 1 aliphatic rings. The topological polar surface area (TPSA) is 282 Å². The van der Waals surface area contributed by atoms with Crippen molar-refractivity contribution in [1.29, 1.82) is 0 Å². The highest BCUT2D eigenvalue weighted by molar-refractivity contribution is 5.77. The molecule has 1 amide bonds. The Morgan fingerprint density at radius 3 is 1.62 bits per heavy atom. The number of hydrogen-bond donors (Lipinski definition) is 9. The van der Waals surface area contributed by atoms with E-state index in [1.165, 1.54) is 0 Å². The average Bonchev–Trinajstić information content (AvgIpc) is 3.22. The van der Waals surface area contributed by atoms with Crippen LogP contribution in [0.1, 0.15) is 46.0 Å². The van der Waals surface area contributed by atoms with Gasteiger partial charge in [-0.25, -0.2) is 0 Å². The summed E-state index contributed by atoms with van der Waals surface area (Å²) < 4.78 is 0. The second-order valence-electron chi connectivity index (χ2n) is 7.11. The number of nitrogens with two attached hydrogens (primary N) is 4. The molecule has 0 aromatic rings. The summed E-state index contributed by atoms with van der Waals surface area (Å²) >= 11 is 0. The molecule has 0 bridgehead atoms. The summed E-state index contributed by atoms with van der Waals surface area (Å²) in [6, 6.07) is -1.94. The molecule has 32 heavy (non-hydrogen) atoms. The fraction of sp³-hybridized carbons (Fsp3) is 0.722. The molecular formula is C18H37N5O9. The second-order valence-corrected chi connectivity index (χ2v) is 7.11. The first-order valence-corrected chi connectivity index (χ1v) is 9.78. The Bertz CT molecular complexity index is 581. The molecule has 0 spiro atoms. The number of primary amides is 1. The van der Waals surface area contributed by atoms with Crippen molar-refractivity contribution in [2.75, 3.05) is 13.1 Å². The number of carbonyl (C=O) groups is 5. The Hall–Kier alpha value is -2.81. The molecule has 14 heteroatoms. The van der Waals surface area contributed by atoms with E-state index in [9.17, 15) is 24.0 Å². The van der Waals surface area contributed by atoms with Gasteiger partial charge in [-0.3, -0.25) is 24.0 Å². The Morgan fingerprint density at radius 1 is 0.969 bits per heavy atom.